The maximum absolute atomic E-state index is 13.1. The minimum absolute atomic E-state index is 0.0176. The third-order valence-corrected chi connectivity index (χ3v) is 3.39. The van der Waals surface area contributed by atoms with Crippen molar-refractivity contribution >= 4 is 29.4 Å². The van der Waals surface area contributed by atoms with E-state index in [1.54, 1.807) is 0 Å². The molecule has 2 aromatic carbocycles. The molecule has 10 heteroatoms. The summed E-state index contributed by atoms with van der Waals surface area (Å²) in [5.74, 6) is -5.08. The molecule has 0 atom stereocenters. The predicted octanol–water partition coefficient (Wildman–Crippen LogP) is 0.975. The average Bonchev–Trinajstić information content (AvgIpc) is 2.67. The van der Waals surface area contributed by atoms with Gasteiger partial charge in [0.05, 0.1) is 12.1 Å². The van der Waals surface area contributed by atoms with Gasteiger partial charge in [-0.25, -0.2) is 13.6 Å². The Kier molecular flexibility index (Phi) is 6.74. The summed E-state index contributed by atoms with van der Waals surface area (Å²) >= 11 is 0. The van der Waals surface area contributed by atoms with Crippen molar-refractivity contribution in [2.24, 2.45) is 5.73 Å². The number of amides is 3. The third kappa shape index (κ3) is 5.87. The summed E-state index contributed by atoms with van der Waals surface area (Å²) in [7, 11) is 0. The molecule has 0 bridgehead atoms. The van der Waals surface area contributed by atoms with Crippen molar-refractivity contribution in [3.8, 4) is 0 Å². The van der Waals surface area contributed by atoms with Crippen molar-refractivity contribution in [2.75, 3.05) is 18.5 Å². The maximum Gasteiger partial charge on any atom is 0.338 e. The van der Waals surface area contributed by atoms with E-state index in [0.717, 1.165) is 18.2 Å². The van der Waals surface area contributed by atoms with Crippen molar-refractivity contribution in [3.05, 3.63) is 65.2 Å². The Labute approximate surface area is 157 Å². The predicted molar refractivity (Wildman–Crippen MR) is 93.2 cm³/mol. The molecule has 146 valence electrons. The van der Waals surface area contributed by atoms with Crippen molar-refractivity contribution < 1.29 is 32.7 Å². The molecule has 4 N–H and O–H groups in total. The highest BCUT2D eigenvalue weighted by Crippen LogP contribution is 2.12. The molecule has 0 aliphatic carbocycles. The van der Waals surface area contributed by atoms with Gasteiger partial charge in [0.15, 0.2) is 18.2 Å². The first-order chi connectivity index (χ1) is 13.3. The highest BCUT2D eigenvalue weighted by atomic mass is 19.2. The molecular weight excluding hydrogens is 376 g/mol. The van der Waals surface area contributed by atoms with E-state index >= 15 is 0 Å². The largest absolute Gasteiger partial charge is 0.452 e. The van der Waals surface area contributed by atoms with E-state index in [4.69, 9.17) is 10.5 Å². The number of carbonyl (C=O) groups is 4. The van der Waals surface area contributed by atoms with Gasteiger partial charge in [-0.1, -0.05) is 0 Å². The van der Waals surface area contributed by atoms with Crippen LogP contribution >= 0.6 is 0 Å². The number of ether oxygens (including phenoxy) is 1. The van der Waals surface area contributed by atoms with Gasteiger partial charge in [-0.15, -0.1) is 0 Å². The molecule has 0 aromatic heterocycles. The minimum atomic E-state index is -1.13. The SMILES string of the molecule is NC(=O)c1ccc(C(=O)OCC(=O)NCC(=O)Nc2ccc(F)c(F)c2)cc1. The van der Waals surface area contributed by atoms with Crippen LogP contribution in [-0.2, 0) is 14.3 Å². The molecule has 0 radical (unpaired) electrons. The van der Waals surface area contributed by atoms with Gasteiger partial charge in [0.1, 0.15) is 0 Å². The van der Waals surface area contributed by atoms with Crippen LogP contribution in [0, 0.1) is 11.6 Å². The maximum atomic E-state index is 13.1. The Morgan fingerprint density at radius 2 is 1.54 bits per heavy atom. The molecule has 0 saturated heterocycles. The summed E-state index contributed by atoms with van der Waals surface area (Å²) in [6.07, 6.45) is 0. The topological polar surface area (TPSA) is 128 Å². The Morgan fingerprint density at radius 1 is 0.893 bits per heavy atom. The Hall–Kier alpha value is -3.82. The molecule has 8 nitrogen and oxygen atoms in total. The molecule has 0 saturated carbocycles. The molecule has 0 fully saturated rings. The zero-order valence-corrected chi connectivity index (χ0v) is 14.3. The summed E-state index contributed by atoms with van der Waals surface area (Å²) in [4.78, 5) is 46.1. The number of nitrogens with two attached hydrogens (primary N) is 1. The van der Waals surface area contributed by atoms with E-state index in [9.17, 15) is 28.0 Å². The number of primary amides is 1. The number of rotatable bonds is 7. The number of benzene rings is 2. The molecular formula is C18H15F2N3O5. The first kappa shape index (κ1) is 20.5. The highest BCUT2D eigenvalue weighted by Gasteiger charge is 2.12. The van der Waals surface area contributed by atoms with Crippen LogP contribution in [0.2, 0.25) is 0 Å². The number of esters is 1. The monoisotopic (exact) mass is 391 g/mol. The molecule has 0 aliphatic rings. The average molecular weight is 391 g/mol. The van der Waals surface area contributed by atoms with Crippen LogP contribution in [0.5, 0.6) is 0 Å². The molecule has 28 heavy (non-hydrogen) atoms. The van der Waals surface area contributed by atoms with Gasteiger partial charge in [-0.2, -0.15) is 0 Å². The number of hydrogen-bond acceptors (Lipinski definition) is 5. The Balaban J connectivity index is 1.75. The first-order valence-electron chi connectivity index (χ1n) is 7.85. The number of halogens is 2. The second-order valence-corrected chi connectivity index (χ2v) is 5.47. The van der Waals surface area contributed by atoms with Crippen molar-refractivity contribution in [2.45, 2.75) is 0 Å². The smallest absolute Gasteiger partial charge is 0.338 e. The van der Waals surface area contributed by atoms with Crippen LogP contribution in [0.3, 0.4) is 0 Å². The molecule has 0 heterocycles. The van der Waals surface area contributed by atoms with Gasteiger partial charge in [-0.3, -0.25) is 14.4 Å². The third-order valence-electron chi connectivity index (χ3n) is 3.39. The van der Waals surface area contributed by atoms with Crippen molar-refractivity contribution in [3.63, 3.8) is 0 Å². The summed E-state index contributed by atoms with van der Waals surface area (Å²) in [6.45, 7) is -1.11. The van der Waals surface area contributed by atoms with Crippen LogP contribution in [0.1, 0.15) is 20.7 Å². The van der Waals surface area contributed by atoms with E-state index in [-0.39, 0.29) is 16.8 Å². The summed E-state index contributed by atoms with van der Waals surface area (Å²) in [6, 6.07) is 8.09. The quantitative estimate of drug-likeness (QED) is 0.606. The van der Waals surface area contributed by atoms with Crippen molar-refractivity contribution in [1.29, 1.82) is 0 Å². The standard InChI is InChI=1S/C18H15F2N3O5/c19-13-6-5-12(7-14(13)20)23-15(24)8-22-16(25)9-28-18(27)11-3-1-10(2-4-11)17(21)26/h1-7H,8-9H2,(H2,21,26)(H,22,25)(H,23,24). The van der Waals surface area contributed by atoms with E-state index in [1.807, 2.05) is 0 Å². The van der Waals surface area contributed by atoms with E-state index in [0.29, 0.717) is 0 Å². The van der Waals surface area contributed by atoms with Crippen molar-refractivity contribution in [1.82, 2.24) is 5.32 Å². The highest BCUT2D eigenvalue weighted by molar-refractivity contribution is 5.96. The lowest BCUT2D eigenvalue weighted by atomic mass is 10.1. The fourth-order valence-electron chi connectivity index (χ4n) is 1.99. The first-order valence-corrected chi connectivity index (χ1v) is 7.85. The molecule has 2 aromatic rings. The second-order valence-electron chi connectivity index (χ2n) is 5.47. The number of anilines is 1. The lowest BCUT2D eigenvalue weighted by molar-refractivity contribution is -0.126. The van der Waals surface area contributed by atoms with Crippen LogP contribution in [0.4, 0.5) is 14.5 Å². The number of carbonyl (C=O) groups excluding carboxylic acids is 4. The summed E-state index contributed by atoms with van der Waals surface area (Å²) in [5, 5.41) is 4.47. The summed E-state index contributed by atoms with van der Waals surface area (Å²) in [5.41, 5.74) is 5.42. The summed E-state index contributed by atoms with van der Waals surface area (Å²) < 4.78 is 30.6. The molecule has 0 aliphatic heterocycles. The van der Waals surface area contributed by atoms with Crippen LogP contribution in [0.25, 0.3) is 0 Å². The molecule has 0 unspecified atom stereocenters. The Bertz CT molecular complexity index is 916. The van der Waals surface area contributed by atoms with E-state index in [2.05, 4.69) is 10.6 Å². The van der Waals surface area contributed by atoms with Crippen LogP contribution in [0.15, 0.2) is 42.5 Å². The number of hydrogen-bond donors (Lipinski definition) is 3. The van der Waals surface area contributed by atoms with Crippen LogP contribution in [-0.4, -0.2) is 36.8 Å². The molecule has 2 rings (SSSR count). The fourth-order valence-corrected chi connectivity index (χ4v) is 1.99. The minimum Gasteiger partial charge on any atom is -0.452 e. The Morgan fingerprint density at radius 3 is 2.14 bits per heavy atom. The van der Waals surface area contributed by atoms with Gasteiger partial charge < -0.3 is 21.1 Å². The van der Waals surface area contributed by atoms with Gasteiger partial charge in [-0.05, 0) is 36.4 Å². The van der Waals surface area contributed by atoms with Gasteiger partial charge in [0.25, 0.3) is 5.91 Å². The van der Waals surface area contributed by atoms with E-state index < -0.39 is 48.5 Å². The van der Waals surface area contributed by atoms with Gasteiger partial charge >= 0.3 is 5.97 Å². The number of nitrogens with one attached hydrogen (secondary N) is 2. The van der Waals surface area contributed by atoms with Crippen LogP contribution < -0.4 is 16.4 Å². The normalized spacial score (nSPS) is 10.1. The molecule has 0 spiro atoms. The fraction of sp³-hybridized carbons (Fsp3) is 0.111. The second kappa shape index (κ2) is 9.21. The van der Waals surface area contributed by atoms with E-state index in [1.165, 1.54) is 24.3 Å². The van der Waals surface area contributed by atoms with Gasteiger partial charge in [0, 0.05) is 17.3 Å². The lowest BCUT2D eigenvalue weighted by Gasteiger charge is -2.08. The van der Waals surface area contributed by atoms with Gasteiger partial charge in [0.2, 0.25) is 11.8 Å². The molecule has 3 amide bonds. The lowest BCUT2D eigenvalue weighted by Crippen LogP contribution is -2.35. The zero-order valence-electron chi connectivity index (χ0n) is 14.3. The zero-order chi connectivity index (χ0) is 20.7.